The number of carbonyl (C=O) groups is 2. The number of amides is 2. The largest absolute Gasteiger partial charge is 0.356 e. The topological polar surface area (TPSA) is 67.2 Å². The van der Waals surface area contributed by atoms with E-state index in [0.717, 1.165) is 43.1 Å². The molecule has 2 aromatic carbocycles. The Kier molecular flexibility index (Phi) is 4.99. The quantitative estimate of drug-likeness (QED) is 0.685. The van der Waals surface area contributed by atoms with Crippen LogP contribution in [0.25, 0.3) is 11.0 Å². The van der Waals surface area contributed by atoms with Crippen LogP contribution in [0.15, 0.2) is 54.6 Å². The molecule has 154 valence electrons. The van der Waals surface area contributed by atoms with Crippen LogP contribution in [-0.4, -0.2) is 34.0 Å². The number of nitrogens with one attached hydrogen (secondary N) is 1. The van der Waals surface area contributed by atoms with E-state index >= 15 is 0 Å². The summed E-state index contributed by atoms with van der Waals surface area (Å²) < 4.78 is 1.98. The van der Waals surface area contributed by atoms with Gasteiger partial charge in [-0.25, -0.2) is 4.98 Å². The van der Waals surface area contributed by atoms with Gasteiger partial charge in [-0.2, -0.15) is 0 Å². The van der Waals surface area contributed by atoms with E-state index in [2.05, 4.69) is 17.4 Å². The summed E-state index contributed by atoms with van der Waals surface area (Å²) in [6.45, 7) is 0.563. The van der Waals surface area contributed by atoms with Gasteiger partial charge in [0.2, 0.25) is 11.9 Å². The van der Waals surface area contributed by atoms with Crippen LogP contribution in [0.1, 0.15) is 43.7 Å². The fraction of sp³-hybridized carbons (Fsp3) is 0.375. The van der Waals surface area contributed by atoms with Crippen molar-refractivity contribution in [1.82, 2.24) is 14.9 Å². The van der Waals surface area contributed by atoms with E-state index in [1.54, 1.807) is 0 Å². The average molecular weight is 402 g/mol. The molecule has 1 saturated carbocycles. The first-order chi connectivity index (χ1) is 14.7. The molecule has 1 unspecified atom stereocenters. The molecule has 1 N–H and O–H groups in total. The molecule has 6 nitrogen and oxygen atoms in total. The van der Waals surface area contributed by atoms with Crippen LogP contribution in [0, 0.1) is 0 Å². The fourth-order valence-corrected chi connectivity index (χ4v) is 4.80. The molecule has 1 fully saturated rings. The van der Waals surface area contributed by atoms with Gasteiger partial charge in [0.15, 0.2) is 0 Å². The smallest absolute Gasteiger partial charge is 0.253 e. The molecule has 2 amide bonds. The second-order valence-electron chi connectivity index (χ2n) is 8.22. The van der Waals surface area contributed by atoms with E-state index in [0.29, 0.717) is 12.5 Å². The summed E-state index contributed by atoms with van der Waals surface area (Å²) in [4.78, 5) is 32.7. The Hall–Kier alpha value is -3.15. The highest BCUT2D eigenvalue weighted by atomic mass is 16.2. The number of nitrogens with zero attached hydrogens (tertiary/aromatic N) is 3. The van der Waals surface area contributed by atoms with E-state index in [1.807, 2.05) is 51.9 Å². The Labute approximate surface area is 175 Å². The average Bonchev–Trinajstić information content (AvgIpc) is 3.46. The zero-order valence-corrected chi connectivity index (χ0v) is 17.0. The van der Waals surface area contributed by atoms with Gasteiger partial charge in [0.05, 0.1) is 17.5 Å². The maximum Gasteiger partial charge on any atom is 0.253 e. The van der Waals surface area contributed by atoms with Gasteiger partial charge in [0.25, 0.3) is 5.91 Å². The lowest BCUT2D eigenvalue weighted by Gasteiger charge is -2.22. The van der Waals surface area contributed by atoms with Gasteiger partial charge in [0.1, 0.15) is 6.04 Å². The highest BCUT2D eigenvalue weighted by molar-refractivity contribution is 6.04. The highest BCUT2D eigenvalue weighted by Crippen LogP contribution is 2.40. The monoisotopic (exact) mass is 402 g/mol. The predicted octanol–water partition coefficient (Wildman–Crippen LogP) is 3.62. The van der Waals surface area contributed by atoms with Crippen molar-refractivity contribution in [2.75, 3.05) is 11.4 Å². The lowest BCUT2D eigenvalue weighted by molar-refractivity contribution is -0.127. The number of carbonyl (C=O) groups excluding carboxylic acids is 2. The molecule has 1 atom stereocenters. The SMILES string of the molecule is O=C(CC1C(=O)N(C2CCCC2)c2nc3ccccc3n21)NCCc1ccccc1. The molecule has 0 saturated heterocycles. The number of hydrogen-bond donors (Lipinski definition) is 1. The molecule has 2 heterocycles. The van der Waals surface area contributed by atoms with Gasteiger partial charge >= 0.3 is 0 Å². The third kappa shape index (κ3) is 3.36. The van der Waals surface area contributed by atoms with Crippen LogP contribution in [0.2, 0.25) is 0 Å². The summed E-state index contributed by atoms with van der Waals surface area (Å²) in [6, 6.07) is 17.6. The molecule has 0 bridgehead atoms. The predicted molar refractivity (Wildman–Crippen MR) is 116 cm³/mol. The van der Waals surface area contributed by atoms with Crippen LogP contribution in [0.3, 0.4) is 0 Å². The van der Waals surface area contributed by atoms with Crippen molar-refractivity contribution in [2.24, 2.45) is 0 Å². The molecular weight excluding hydrogens is 376 g/mol. The zero-order valence-electron chi connectivity index (χ0n) is 17.0. The molecule has 5 rings (SSSR count). The Bertz CT molecular complexity index is 1070. The number of fused-ring (bicyclic) bond motifs is 3. The molecule has 6 heteroatoms. The van der Waals surface area contributed by atoms with Crippen molar-refractivity contribution < 1.29 is 9.59 Å². The molecule has 2 aliphatic rings. The Balaban J connectivity index is 1.35. The van der Waals surface area contributed by atoms with Crippen LogP contribution < -0.4 is 10.2 Å². The first kappa shape index (κ1) is 18.9. The van der Waals surface area contributed by atoms with Gasteiger partial charge in [-0.3, -0.25) is 19.1 Å². The molecule has 1 aromatic heterocycles. The van der Waals surface area contributed by atoms with Crippen molar-refractivity contribution in [1.29, 1.82) is 0 Å². The Morgan fingerprint density at radius 2 is 1.77 bits per heavy atom. The molecule has 30 heavy (non-hydrogen) atoms. The highest BCUT2D eigenvalue weighted by Gasteiger charge is 2.44. The molecule has 1 aliphatic carbocycles. The second kappa shape index (κ2) is 7.94. The van der Waals surface area contributed by atoms with E-state index in [-0.39, 0.29) is 24.3 Å². The van der Waals surface area contributed by atoms with Crippen LogP contribution in [0.5, 0.6) is 0 Å². The lowest BCUT2D eigenvalue weighted by atomic mass is 10.1. The fourth-order valence-electron chi connectivity index (χ4n) is 4.80. The van der Waals surface area contributed by atoms with Crippen molar-refractivity contribution in [3.05, 3.63) is 60.2 Å². The number of hydrogen-bond acceptors (Lipinski definition) is 3. The van der Waals surface area contributed by atoms with Gasteiger partial charge in [-0.1, -0.05) is 55.3 Å². The molecule has 0 radical (unpaired) electrons. The van der Waals surface area contributed by atoms with Crippen molar-refractivity contribution in [3.8, 4) is 0 Å². The van der Waals surface area contributed by atoms with E-state index in [9.17, 15) is 9.59 Å². The summed E-state index contributed by atoms with van der Waals surface area (Å²) in [5, 5.41) is 2.99. The second-order valence-corrected chi connectivity index (χ2v) is 8.22. The van der Waals surface area contributed by atoms with Crippen molar-refractivity contribution in [3.63, 3.8) is 0 Å². The van der Waals surface area contributed by atoms with Gasteiger partial charge in [0, 0.05) is 12.6 Å². The minimum absolute atomic E-state index is 0.00774. The number of rotatable bonds is 6. The molecule has 0 spiro atoms. The van der Waals surface area contributed by atoms with Gasteiger partial charge in [-0.05, 0) is 37.0 Å². The minimum atomic E-state index is -0.523. The summed E-state index contributed by atoms with van der Waals surface area (Å²) in [6.07, 6.45) is 5.21. The standard InChI is InChI=1S/C24H26N4O2/c29-22(25-15-14-17-8-2-1-3-9-17)16-21-23(30)27(18-10-4-5-11-18)24-26-19-12-6-7-13-20(19)28(21)24/h1-3,6-9,12-13,18,21H,4-5,10-11,14-16H2,(H,25,29). The lowest BCUT2D eigenvalue weighted by Crippen LogP contribution is -2.39. The number of para-hydroxylation sites is 2. The number of imidazole rings is 1. The summed E-state index contributed by atoms with van der Waals surface area (Å²) >= 11 is 0. The number of aromatic nitrogens is 2. The maximum absolute atomic E-state index is 13.4. The van der Waals surface area contributed by atoms with Gasteiger partial charge < -0.3 is 5.32 Å². The zero-order chi connectivity index (χ0) is 20.5. The van der Waals surface area contributed by atoms with Crippen LogP contribution in [0.4, 0.5) is 5.95 Å². The minimum Gasteiger partial charge on any atom is -0.356 e. The first-order valence-electron chi connectivity index (χ1n) is 10.8. The van der Waals surface area contributed by atoms with E-state index in [1.165, 1.54) is 5.56 Å². The third-order valence-electron chi connectivity index (χ3n) is 6.27. The van der Waals surface area contributed by atoms with Gasteiger partial charge in [-0.15, -0.1) is 0 Å². The summed E-state index contributed by atoms with van der Waals surface area (Å²) in [5.41, 5.74) is 2.98. The normalized spacial score (nSPS) is 18.9. The first-order valence-corrected chi connectivity index (χ1v) is 10.8. The summed E-state index contributed by atoms with van der Waals surface area (Å²) in [7, 11) is 0. The van der Waals surface area contributed by atoms with Crippen LogP contribution in [-0.2, 0) is 16.0 Å². The Morgan fingerprint density at radius 3 is 2.57 bits per heavy atom. The van der Waals surface area contributed by atoms with E-state index < -0.39 is 6.04 Å². The third-order valence-corrected chi connectivity index (χ3v) is 6.27. The summed E-state index contributed by atoms with van der Waals surface area (Å²) in [5.74, 6) is 0.616. The Morgan fingerprint density at radius 1 is 1.03 bits per heavy atom. The van der Waals surface area contributed by atoms with Crippen LogP contribution >= 0.6 is 0 Å². The molecule has 3 aromatic rings. The number of benzene rings is 2. The molecular formula is C24H26N4O2. The number of anilines is 1. The van der Waals surface area contributed by atoms with Crippen molar-refractivity contribution >= 4 is 28.8 Å². The van der Waals surface area contributed by atoms with Crippen molar-refractivity contribution in [2.45, 2.75) is 50.6 Å². The molecule has 1 aliphatic heterocycles. The maximum atomic E-state index is 13.4. The van der Waals surface area contributed by atoms with E-state index in [4.69, 9.17) is 4.98 Å².